The Kier molecular flexibility index (Phi) is 4.65. The number of rotatable bonds is 5. The van der Waals surface area contributed by atoms with Gasteiger partial charge in [-0.2, -0.15) is 4.37 Å². The number of methoxy groups -OCH3 is 1. The molecule has 0 saturated heterocycles. The van der Waals surface area contributed by atoms with Crippen molar-refractivity contribution in [2.45, 2.75) is 17.2 Å². The Morgan fingerprint density at radius 2 is 2.20 bits per heavy atom. The van der Waals surface area contributed by atoms with E-state index in [0.29, 0.717) is 30.3 Å². The standard InChI is InChI=1S/C15H14FNO6S2/c1-21-14(18)12-13(17-24-15(12)25(2,19)20)23-7-9-6-11-8(3-4-22-11)5-10(9)16/h5-6H,3-4,7H2,1-2H3. The summed E-state index contributed by atoms with van der Waals surface area (Å²) in [6.07, 6.45) is 1.60. The summed E-state index contributed by atoms with van der Waals surface area (Å²) in [5.74, 6) is -0.981. The summed E-state index contributed by atoms with van der Waals surface area (Å²) < 4.78 is 56.7. The molecule has 2 aromatic rings. The molecule has 1 aromatic carbocycles. The summed E-state index contributed by atoms with van der Waals surface area (Å²) in [6.45, 7) is 0.259. The minimum Gasteiger partial charge on any atom is -0.493 e. The van der Waals surface area contributed by atoms with E-state index in [-0.39, 0.29) is 27.8 Å². The van der Waals surface area contributed by atoms with Crippen molar-refractivity contribution < 1.29 is 31.8 Å². The molecule has 0 bridgehead atoms. The molecule has 0 N–H and O–H groups in total. The minimum atomic E-state index is -3.69. The summed E-state index contributed by atoms with van der Waals surface area (Å²) in [5.41, 5.74) is 0.711. The second-order valence-electron chi connectivity index (χ2n) is 5.35. The fourth-order valence-corrected chi connectivity index (χ4v) is 4.15. The quantitative estimate of drug-likeness (QED) is 0.725. The molecule has 0 saturated carbocycles. The normalized spacial score (nSPS) is 13.2. The Bertz CT molecular complexity index is 938. The minimum absolute atomic E-state index is 0.210. The molecule has 25 heavy (non-hydrogen) atoms. The first-order valence-corrected chi connectivity index (χ1v) is 9.82. The number of carbonyl (C=O) groups is 1. The maximum Gasteiger partial charge on any atom is 0.345 e. The number of carbonyl (C=O) groups excluding carboxylic acids is 1. The molecule has 1 aromatic heterocycles. The average molecular weight is 387 g/mol. The molecule has 0 spiro atoms. The molecule has 0 radical (unpaired) electrons. The molecule has 1 aliphatic rings. The Labute approximate surface area is 147 Å². The van der Waals surface area contributed by atoms with Crippen LogP contribution in [0.25, 0.3) is 0 Å². The molecular weight excluding hydrogens is 373 g/mol. The molecule has 0 aliphatic carbocycles. The van der Waals surface area contributed by atoms with Crippen molar-refractivity contribution in [3.8, 4) is 11.6 Å². The van der Waals surface area contributed by atoms with Crippen molar-refractivity contribution in [3.63, 3.8) is 0 Å². The molecule has 7 nitrogen and oxygen atoms in total. The lowest BCUT2D eigenvalue weighted by molar-refractivity contribution is 0.0591. The predicted molar refractivity (Wildman–Crippen MR) is 86.5 cm³/mol. The van der Waals surface area contributed by atoms with Crippen LogP contribution in [0.3, 0.4) is 0 Å². The number of ether oxygens (including phenoxy) is 3. The first-order chi connectivity index (χ1) is 11.8. The van der Waals surface area contributed by atoms with Crippen molar-refractivity contribution in [2.75, 3.05) is 20.0 Å². The lowest BCUT2D eigenvalue weighted by atomic mass is 10.1. The summed E-state index contributed by atoms with van der Waals surface area (Å²) in [7, 11) is -2.57. The highest BCUT2D eigenvalue weighted by molar-refractivity contribution is 7.92. The third-order valence-corrected chi connectivity index (χ3v) is 6.22. The van der Waals surface area contributed by atoms with Crippen LogP contribution in [0.15, 0.2) is 16.3 Å². The van der Waals surface area contributed by atoms with Crippen LogP contribution >= 0.6 is 11.5 Å². The van der Waals surface area contributed by atoms with Gasteiger partial charge in [-0.15, -0.1) is 0 Å². The van der Waals surface area contributed by atoms with Gasteiger partial charge in [0, 0.05) is 23.8 Å². The molecule has 134 valence electrons. The van der Waals surface area contributed by atoms with Gasteiger partial charge >= 0.3 is 5.97 Å². The first-order valence-electron chi connectivity index (χ1n) is 7.16. The zero-order valence-corrected chi connectivity index (χ0v) is 15.0. The van der Waals surface area contributed by atoms with Gasteiger partial charge in [-0.25, -0.2) is 17.6 Å². The molecule has 0 fully saturated rings. The summed E-state index contributed by atoms with van der Waals surface area (Å²) in [5, 5.41) is 0. The molecule has 2 heterocycles. The summed E-state index contributed by atoms with van der Waals surface area (Å²) in [6, 6.07) is 2.91. The Morgan fingerprint density at radius 1 is 1.44 bits per heavy atom. The number of nitrogens with zero attached hydrogens (tertiary/aromatic N) is 1. The number of esters is 1. The smallest absolute Gasteiger partial charge is 0.345 e. The third kappa shape index (κ3) is 3.45. The van der Waals surface area contributed by atoms with Crippen LogP contribution in [0.5, 0.6) is 11.6 Å². The number of sulfone groups is 1. The number of hydrogen-bond donors (Lipinski definition) is 0. The highest BCUT2D eigenvalue weighted by Crippen LogP contribution is 2.32. The van der Waals surface area contributed by atoms with Gasteiger partial charge in [0.1, 0.15) is 18.2 Å². The number of benzene rings is 1. The Hall–Kier alpha value is -2.20. The monoisotopic (exact) mass is 387 g/mol. The number of halogens is 1. The molecule has 0 amide bonds. The Morgan fingerprint density at radius 3 is 2.88 bits per heavy atom. The molecule has 0 unspecified atom stereocenters. The van der Waals surface area contributed by atoms with Gasteiger partial charge in [-0.05, 0) is 23.7 Å². The maximum absolute atomic E-state index is 14.1. The van der Waals surface area contributed by atoms with Crippen LogP contribution in [0.4, 0.5) is 4.39 Å². The number of hydrogen-bond acceptors (Lipinski definition) is 8. The molecular formula is C15H14FNO6S2. The van der Waals surface area contributed by atoms with E-state index in [0.717, 1.165) is 18.9 Å². The van der Waals surface area contributed by atoms with E-state index in [4.69, 9.17) is 9.47 Å². The fraction of sp³-hybridized carbons (Fsp3) is 0.333. The summed E-state index contributed by atoms with van der Waals surface area (Å²) in [4.78, 5) is 11.9. The molecule has 0 atom stereocenters. The Balaban J connectivity index is 1.89. The van der Waals surface area contributed by atoms with Crippen molar-refractivity contribution in [1.82, 2.24) is 4.37 Å². The molecule has 3 rings (SSSR count). The fourth-order valence-electron chi connectivity index (χ4n) is 2.38. The van der Waals surface area contributed by atoms with Gasteiger partial charge in [0.15, 0.2) is 19.6 Å². The van der Waals surface area contributed by atoms with E-state index in [9.17, 15) is 17.6 Å². The van der Waals surface area contributed by atoms with Gasteiger partial charge in [0.05, 0.1) is 13.7 Å². The lowest BCUT2D eigenvalue weighted by Gasteiger charge is -2.08. The van der Waals surface area contributed by atoms with Gasteiger partial charge in [-0.1, -0.05) is 0 Å². The lowest BCUT2D eigenvalue weighted by Crippen LogP contribution is -2.09. The molecule has 10 heteroatoms. The highest BCUT2D eigenvalue weighted by atomic mass is 32.2. The summed E-state index contributed by atoms with van der Waals surface area (Å²) >= 11 is 0.604. The highest BCUT2D eigenvalue weighted by Gasteiger charge is 2.29. The van der Waals surface area contributed by atoms with E-state index in [2.05, 4.69) is 9.11 Å². The van der Waals surface area contributed by atoms with E-state index in [1.165, 1.54) is 12.1 Å². The van der Waals surface area contributed by atoms with Crippen LogP contribution in [0.1, 0.15) is 21.5 Å². The van der Waals surface area contributed by atoms with E-state index < -0.39 is 21.6 Å². The predicted octanol–water partition coefficient (Wildman–Crippen LogP) is 1.99. The SMILES string of the molecule is COC(=O)c1c(OCc2cc3c(cc2F)CCO3)nsc1S(C)(=O)=O. The van der Waals surface area contributed by atoms with Gasteiger partial charge < -0.3 is 14.2 Å². The van der Waals surface area contributed by atoms with Crippen LogP contribution in [0.2, 0.25) is 0 Å². The van der Waals surface area contributed by atoms with Crippen LogP contribution < -0.4 is 9.47 Å². The number of aromatic nitrogens is 1. The maximum atomic E-state index is 14.1. The first kappa shape index (κ1) is 17.6. The zero-order valence-electron chi connectivity index (χ0n) is 13.4. The van der Waals surface area contributed by atoms with Crippen molar-refractivity contribution in [2.24, 2.45) is 0 Å². The van der Waals surface area contributed by atoms with Crippen LogP contribution in [-0.4, -0.2) is 38.7 Å². The van der Waals surface area contributed by atoms with E-state index in [1.807, 2.05) is 0 Å². The van der Waals surface area contributed by atoms with Crippen molar-refractivity contribution >= 4 is 27.3 Å². The zero-order chi connectivity index (χ0) is 18.2. The van der Waals surface area contributed by atoms with Gasteiger partial charge in [0.2, 0.25) is 5.88 Å². The molecule has 1 aliphatic heterocycles. The largest absolute Gasteiger partial charge is 0.493 e. The van der Waals surface area contributed by atoms with Crippen LogP contribution in [-0.2, 0) is 27.6 Å². The van der Waals surface area contributed by atoms with E-state index >= 15 is 0 Å². The van der Waals surface area contributed by atoms with Crippen molar-refractivity contribution in [1.29, 1.82) is 0 Å². The van der Waals surface area contributed by atoms with Gasteiger partial charge in [0.25, 0.3) is 0 Å². The second kappa shape index (κ2) is 6.60. The van der Waals surface area contributed by atoms with E-state index in [1.54, 1.807) is 0 Å². The third-order valence-electron chi connectivity index (χ3n) is 3.58. The second-order valence-corrected chi connectivity index (χ2v) is 8.34. The average Bonchev–Trinajstić information content (AvgIpc) is 3.17. The topological polar surface area (TPSA) is 91.8 Å². The number of fused-ring (bicyclic) bond motifs is 1. The van der Waals surface area contributed by atoms with Crippen LogP contribution in [0, 0.1) is 5.82 Å². The van der Waals surface area contributed by atoms with Gasteiger partial charge in [-0.3, -0.25) is 0 Å². The van der Waals surface area contributed by atoms with Crippen molar-refractivity contribution in [3.05, 3.63) is 34.6 Å².